The number of rotatable bonds is 1. The van der Waals surface area contributed by atoms with Crippen LogP contribution in [0.25, 0.3) is 0 Å². The Morgan fingerprint density at radius 2 is 1.74 bits per heavy atom. The smallest absolute Gasteiger partial charge is 0.269 e. The van der Waals surface area contributed by atoms with Gasteiger partial charge in [0.25, 0.3) is 11.5 Å². The summed E-state index contributed by atoms with van der Waals surface area (Å²) in [6.45, 7) is 0. The topological polar surface area (TPSA) is 52.0 Å². The lowest BCUT2D eigenvalue weighted by Crippen LogP contribution is -2.27. The van der Waals surface area contributed by atoms with Gasteiger partial charge < -0.3 is 0 Å². The molecule has 0 aliphatic rings. The molecule has 0 unspecified atom stereocenters. The fourth-order valence-electron chi connectivity index (χ4n) is 1.45. The summed E-state index contributed by atoms with van der Waals surface area (Å²) in [4.78, 5) is 27.1. The lowest BCUT2D eigenvalue weighted by molar-refractivity contribution is -0.137. The Balaban J connectivity index is 2.51. The third-order valence-electron chi connectivity index (χ3n) is 2.38. The van der Waals surface area contributed by atoms with E-state index in [1.54, 1.807) is 0 Å². The molecule has 2 aromatic heterocycles. The standard InChI is InChI=1S/C12H7F3N2O2/c13-12(14,15)9-1-2-10(18)17(7-9)11(19)8-3-5-16-6-4-8/h1-7H. The van der Waals surface area contributed by atoms with Crippen LogP contribution in [0.1, 0.15) is 15.9 Å². The van der Waals surface area contributed by atoms with Crippen molar-refractivity contribution in [1.82, 2.24) is 9.55 Å². The number of hydrogen-bond acceptors (Lipinski definition) is 3. The minimum atomic E-state index is -4.62. The number of pyridine rings is 2. The first-order valence-corrected chi connectivity index (χ1v) is 5.14. The monoisotopic (exact) mass is 268 g/mol. The number of carbonyl (C=O) groups excluding carboxylic acids is 1. The number of nitrogens with zero attached hydrogens (tertiary/aromatic N) is 2. The van der Waals surface area contributed by atoms with Crippen molar-refractivity contribution in [2.75, 3.05) is 0 Å². The molecule has 0 bridgehead atoms. The number of halogens is 3. The quantitative estimate of drug-likeness (QED) is 0.794. The van der Waals surface area contributed by atoms with Gasteiger partial charge in [0.05, 0.1) is 5.56 Å². The molecule has 0 aliphatic heterocycles. The van der Waals surface area contributed by atoms with E-state index >= 15 is 0 Å². The van der Waals surface area contributed by atoms with E-state index in [-0.39, 0.29) is 5.56 Å². The van der Waals surface area contributed by atoms with Gasteiger partial charge in [0.2, 0.25) is 0 Å². The number of hydrogen-bond donors (Lipinski definition) is 0. The molecule has 2 rings (SSSR count). The zero-order chi connectivity index (χ0) is 14.0. The molecule has 0 saturated heterocycles. The van der Waals surface area contributed by atoms with Crippen molar-refractivity contribution in [2.45, 2.75) is 6.18 Å². The van der Waals surface area contributed by atoms with Crippen LogP contribution in [0.15, 0.2) is 47.7 Å². The molecule has 0 radical (unpaired) electrons. The van der Waals surface area contributed by atoms with Crippen molar-refractivity contribution in [3.05, 3.63) is 64.3 Å². The van der Waals surface area contributed by atoms with Gasteiger partial charge in [-0.05, 0) is 18.2 Å². The first-order valence-electron chi connectivity index (χ1n) is 5.14. The molecule has 98 valence electrons. The van der Waals surface area contributed by atoms with Gasteiger partial charge >= 0.3 is 6.18 Å². The maximum absolute atomic E-state index is 12.5. The van der Waals surface area contributed by atoms with Gasteiger partial charge in [-0.15, -0.1) is 0 Å². The van der Waals surface area contributed by atoms with Crippen molar-refractivity contribution in [2.24, 2.45) is 0 Å². The van der Waals surface area contributed by atoms with Gasteiger partial charge in [0.15, 0.2) is 0 Å². The Bertz CT molecular complexity index is 663. The second-order valence-electron chi connectivity index (χ2n) is 3.66. The van der Waals surface area contributed by atoms with E-state index in [0.29, 0.717) is 22.9 Å². The third-order valence-corrected chi connectivity index (χ3v) is 2.38. The summed E-state index contributed by atoms with van der Waals surface area (Å²) in [6.07, 6.45) is -1.50. The highest BCUT2D eigenvalue weighted by molar-refractivity contribution is 5.95. The molecule has 19 heavy (non-hydrogen) atoms. The lowest BCUT2D eigenvalue weighted by Gasteiger charge is -2.09. The highest BCUT2D eigenvalue weighted by Crippen LogP contribution is 2.28. The Morgan fingerprint density at radius 3 is 2.32 bits per heavy atom. The largest absolute Gasteiger partial charge is 0.417 e. The zero-order valence-electron chi connectivity index (χ0n) is 9.39. The van der Waals surface area contributed by atoms with Crippen molar-refractivity contribution in [1.29, 1.82) is 0 Å². The van der Waals surface area contributed by atoms with Crippen LogP contribution in [0, 0.1) is 0 Å². The summed E-state index contributed by atoms with van der Waals surface area (Å²) in [5.74, 6) is -0.835. The number of aromatic nitrogens is 2. The highest BCUT2D eigenvalue weighted by Gasteiger charge is 2.31. The van der Waals surface area contributed by atoms with E-state index in [9.17, 15) is 22.8 Å². The SMILES string of the molecule is O=C(c1ccncc1)n1cc(C(F)(F)F)ccc1=O. The molecule has 0 aliphatic carbocycles. The summed E-state index contributed by atoms with van der Waals surface area (Å²) < 4.78 is 38.0. The molecular weight excluding hydrogens is 261 g/mol. The van der Waals surface area contributed by atoms with Crippen molar-refractivity contribution in [3.8, 4) is 0 Å². The molecule has 4 nitrogen and oxygen atoms in total. The summed E-state index contributed by atoms with van der Waals surface area (Å²) in [5.41, 5.74) is -1.80. The fraction of sp³-hybridized carbons (Fsp3) is 0.0833. The fourth-order valence-corrected chi connectivity index (χ4v) is 1.45. The summed E-state index contributed by atoms with van der Waals surface area (Å²) in [5, 5.41) is 0. The van der Waals surface area contributed by atoms with E-state index in [4.69, 9.17) is 0 Å². The predicted molar refractivity (Wildman–Crippen MR) is 59.7 cm³/mol. The lowest BCUT2D eigenvalue weighted by atomic mass is 10.2. The van der Waals surface area contributed by atoms with E-state index in [2.05, 4.69) is 4.98 Å². The van der Waals surface area contributed by atoms with Gasteiger partial charge in [0.1, 0.15) is 0 Å². The molecule has 0 spiro atoms. The average molecular weight is 268 g/mol. The maximum Gasteiger partial charge on any atom is 0.417 e. The van der Waals surface area contributed by atoms with Crippen LogP contribution in [-0.2, 0) is 6.18 Å². The Labute approximate surface area is 105 Å². The molecule has 7 heteroatoms. The molecule has 2 aromatic rings. The second kappa shape index (κ2) is 4.68. The third kappa shape index (κ3) is 2.70. The molecule has 0 saturated carbocycles. The van der Waals surface area contributed by atoms with E-state index in [1.165, 1.54) is 24.5 Å². The second-order valence-corrected chi connectivity index (χ2v) is 3.66. The van der Waals surface area contributed by atoms with Crippen LogP contribution in [0.3, 0.4) is 0 Å². The molecule has 0 aromatic carbocycles. The molecule has 0 N–H and O–H groups in total. The van der Waals surface area contributed by atoms with Crippen molar-refractivity contribution < 1.29 is 18.0 Å². The predicted octanol–water partition coefficient (Wildman–Crippen LogP) is 1.95. The van der Waals surface area contributed by atoms with E-state index < -0.39 is 23.2 Å². The molecular formula is C12H7F3N2O2. The van der Waals surface area contributed by atoms with Gasteiger partial charge in [-0.2, -0.15) is 13.2 Å². The average Bonchev–Trinajstić information content (AvgIpc) is 2.38. The number of alkyl halides is 3. The van der Waals surface area contributed by atoms with Crippen LogP contribution in [0.4, 0.5) is 13.2 Å². The van der Waals surface area contributed by atoms with Crippen LogP contribution in [-0.4, -0.2) is 15.5 Å². The van der Waals surface area contributed by atoms with E-state index in [1.807, 2.05) is 0 Å². The van der Waals surface area contributed by atoms with E-state index in [0.717, 1.165) is 0 Å². The van der Waals surface area contributed by atoms with Gasteiger partial charge in [-0.3, -0.25) is 14.6 Å². The molecule has 0 fully saturated rings. The Hall–Kier alpha value is -2.44. The summed E-state index contributed by atoms with van der Waals surface area (Å²) in [6, 6.07) is 3.98. The summed E-state index contributed by atoms with van der Waals surface area (Å²) in [7, 11) is 0. The molecule has 0 amide bonds. The Kier molecular flexibility index (Phi) is 3.20. The van der Waals surface area contributed by atoms with Crippen molar-refractivity contribution >= 4 is 5.91 Å². The first kappa shape index (κ1) is 13.0. The van der Waals surface area contributed by atoms with Crippen LogP contribution in [0.2, 0.25) is 0 Å². The summed E-state index contributed by atoms with van der Waals surface area (Å²) >= 11 is 0. The van der Waals surface area contributed by atoms with Gasteiger partial charge in [-0.25, -0.2) is 4.57 Å². The minimum Gasteiger partial charge on any atom is -0.269 e. The minimum absolute atomic E-state index is 0.0800. The van der Waals surface area contributed by atoms with Crippen LogP contribution < -0.4 is 5.56 Å². The van der Waals surface area contributed by atoms with Gasteiger partial charge in [0, 0.05) is 30.2 Å². The molecule has 2 heterocycles. The Morgan fingerprint density at radius 1 is 1.11 bits per heavy atom. The highest BCUT2D eigenvalue weighted by atomic mass is 19.4. The van der Waals surface area contributed by atoms with Crippen LogP contribution >= 0.6 is 0 Å². The number of carbonyl (C=O) groups is 1. The first-order chi connectivity index (χ1) is 8.89. The van der Waals surface area contributed by atoms with Crippen LogP contribution in [0.5, 0.6) is 0 Å². The normalized spacial score (nSPS) is 11.3. The zero-order valence-corrected chi connectivity index (χ0v) is 9.39. The maximum atomic E-state index is 12.5. The van der Waals surface area contributed by atoms with Gasteiger partial charge in [-0.1, -0.05) is 0 Å². The van der Waals surface area contributed by atoms with Crippen molar-refractivity contribution in [3.63, 3.8) is 0 Å². The molecule has 0 atom stereocenters.